The Hall–Kier alpha value is -2.63. The quantitative estimate of drug-likeness (QED) is 0.704. The molecule has 0 bridgehead atoms. The minimum atomic E-state index is -0.297. The standard InChI is InChI=1S/C19H18ClN3O2/c1-13-18(20)14(2)23(21-13)17-10-8-16(9-11-17)19(24)22-25-12-15-6-4-3-5-7-15/h3-11H,12H2,1-2H3,(H,22,24). The van der Waals surface area contributed by atoms with Crippen LogP contribution in [0.1, 0.15) is 27.3 Å². The summed E-state index contributed by atoms with van der Waals surface area (Å²) in [6, 6.07) is 16.7. The molecule has 0 spiro atoms. The number of nitrogens with one attached hydrogen (secondary N) is 1. The molecule has 1 heterocycles. The summed E-state index contributed by atoms with van der Waals surface area (Å²) < 4.78 is 1.76. The molecule has 5 nitrogen and oxygen atoms in total. The Morgan fingerprint density at radius 2 is 1.80 bits per heavy atom. The summed E-state index contributed by atoms with van der Waals surface area (Å²) in [6.07, 6.45) is 0. The number of hydroxylamine groups is 1. The van der Waals surface area contributed by atoms with Crippen LogP contribution >= 0.6 is 11.6 Å². The van der Waals surface area contributed by atoms with E-state index >= 15 is 0 Å². The number of aromatic nitrogens is 2. The zero-order chi connectivity index (χ0) is 17.8. The van der Waals surface area contributed by atoms with Crippen LogP contribution in [-0.4, -0.2) is 15.7 Å². The smallest absolute Gasteiger partial charge is 0.269 e. The molecule has 1 aromatic heterocycles. The summed E-state index contributed by atoms with van der Waals surface area (Å²) in [4.78, 5) is 17.4. The Morgan fingerprint density at radius 3 is 2.40 bits per heavy atom. The highest BCUT2D eigenvalue weighted by atomic mass is 35.5. The van der Waals surface area contributed by atoms with Crippen LogP contribution in [0.2, 0.25) is 5.02 Å². The number of hydrogen-bond acceptors (Lipinski definition) is 3. The number of halogens is 1. The van der Waals surface area contributed by atoms with E-state index in [1.54, 1.807) is 16.8 Å². The minimum Gasteiger partial charge on any atom is -0.269 e. The third-order valence-corrected chi connectivity index (χ3v) is 4.37. The number of carbonyl (C=O) groups is 1. The molecule has 0 unspecified atom stereocenters. The first-order valence-corrected chi connectivity index (χ1v) is 8.22. The van der Waals surface area contributed by atoms with Crippen molar-refractivity contribution in [3.8, 4) is 5.69 Å². The molecule has 1 amide bonds. The van der Waals surface area contributed by atoms with E-state index < -0.39 is 0 Å². The van der Waals surface area contributed by atoms with Gasteiger partial charge in [0, 0.05) is 5.56 Å². The van der Waals surface area contributed by atoms with Crippen molar-refractivity contribution in [3.63, 3.8) is 0 Å². The van der Waals surface area contributed by atoms with Gasteiger partial charge in [0.25, 0.3) is 5.91 Å². The number of nitrogens with zero attached hydrogens (tertiary/aromatic N) is 2. The van der Waals surface area contributed by atoms with Crippen LogP contribution in [0.25, 0.3) is 5.69 Å². The Morgan fingerprint density at radius 1 is 1.12 bits per heavy atom. The first kappa shape index (κ1) is 17.2. The van der Waals surface area contributed by atoms with Crippen LogP contribution in [-0.2, 0) is 11.4 Å². The minimum absolute atomic E-state index is 0.297. The Labute approximate surface area is 151 Å². The summed E-state index contributed by atoms with van der Waals surface area (Å²) in [5.41, 5.74) is 6.42. The molecular formula is C19H18ClN3O2. The van der Waals surface area contributed by atoms with Gasteiger partial charge in [-0.25, -0.2) is 10.2 Å². The van der Waals surface area contributed by atoms with E-state index in [2.05, 4.69) is 10.6 Å². The molecule has 1 N–H and O–H groups in total. The first-order chi connectivity index (χ1) is 12.1. The number of hydrogen-bond donors (Lipinski definition) is 1. The predicted molar refractivity (Wildman–Crippen MR) is 96.7 cm³/mol. The Bertz CT molecular complexity index is 874. The van der Waals surface area contributed by atoms with Gasteiger partial charge in [-0.15, -0.1) is 0 Å². The van der Waals surface area contributed by atoms with Crippen LogP contribution in [0.15, 0.2) is 54.6 Å². The van der Waals surface area contributed by atoms with E-state index in [0.29, 0.717) is 17.2 Å². The summed E-state index contributed by atoms with van der Waals surface area (Å²) in [6.45, 7) is 4.08. The van der Waals surface area contributed by atoms with Gasteiger partial charge < -0.3 is 0 Å². The second-order valence-corrected chi connectivity index (χ2v) is 6.03. The average Bonchev–Trinajstić information content (AvgIpc) is 2.90. The average molecular weight is 356 g/mol. The van der Waals surface area contributed by atoms with E-state index in [-0.39, 0.29) is 5.91 Å². The molecule has 0 saturated heterocycles. The molecule has 128 valence electrons. The molecular weight excluding hydrogens is 338 g/mol. The van der Waals surface area contributed by atoms with E-state index in [1.807, 2.05) is 56.3 Å². The van der Waals surface area contributed by atoms with Crippen molar-refractivity contribution < 1.29 is 9.63 Å². The fraction of sp³-hybridized carbons (Fsp3) is 0.158. The second kappa shape index (κ2) is 7.51. The SMILES string of the molecule is Cc1nn(-c2ccc(C(=O)NOCc3ccccc3)cc2)c(C)c1Cl. The van der Waals surface area contributed by atoms with Crippen molar-refractivity contribution in [2.45, 2.75) is 20.5 Å². The van der Waals surface area contributed by atoms with Gasteiger partial charge in [0.2, 0.25) is 0 Å². The first-order valence-electron chi connectivity index (χ1n) is 7.84. The molecule has 0 aliphatic rings. The van der Waals surface area contributed by atoms with Crippen LogP contribution in [0.3, 0.4) is 0 Å². The Kier molecular flexibility index (Phi) is 5.16. The fourth-order valence-electron chi connectivity index (χ4n) is 2.45. The number of rotatable bonds is 5. The summed E-state index contributed by atoms with van der Waals surface area (Å²) >= 11 is 6.17. The molecule has 3 rings (SSSR count). The number of carbonyl (C=O) groups excluding carboxylic acids is 1. The molecule has 0 fully saturated rings. The maximum Gasteiger partial charge on any atom is 0.274 e. The second-order valence-electron chi connectivity index (χ2n) is 5.65. The van der Waals surface area contributed by atoms with Crippen molar-refractivity contribution in [3.05, 3.63) is 82.1 Å². The Balaban J connectivity index is 1.63. The summed E-state index contributed by atoms with van der Waals surface area (Å²) in [7, 11) is 0. The van der Waals surface area contributed by atoms with Gasteiger partial charge in [-0.3, -0.25) is 9.63 Å². The molecule has 3 aromatic rings. The van der Waals surface area contributed by atoms with Gasteiger partial charge in [0.15, 0.2) is 0 Å². The highest BCUT2D eigenvalue weighted by Crippen LogP contribution is 2.22. The molecule has 0 atom stereocenters. The van der Waals surface area contributed by atoms with Crippen LogP contribution in [0, 0.1) is 13.8 Å². The molecule has 0 radical (unpaired) electrons. The van der Waals surface area contributed by atoms with E-state index in [0.717, 1.165) is 22.6 Å². The largest absolute Gasteiger partial charge is 0.274 e. The van der Waals surface area contributed by atoms with Gasteiger partial charge in [-0.1, -0.05) is 41.9 Å². The van der Waals surface area contributed by atoms with Crippen molar-refractivity contribution in [2.75, 3.05) is 0 Å². The van der Waals surface area contributed by atoms with Crippen molar-refractivity contribution in [2.24, 2.45) is 0 Å². The fourth-order valence-corrected chi connectivity index (χ4v) is 2.57. The lowest BCUT2D eigenvalue weighted by molar-refractivity contribution is 0.0233. The van der Waals surface area contributed by atoms with Gasteiger partial charge >= 0.3 is 0 Å². The van der Waals surface area contributed by atoms with Crippen LogP contribution in [0.4, 0.5) is 0 Å². The zero-order valence-electron chi connectivity index (χ0n) is 14.0. The molecule has 6 heteroatoms. The summed E-state index contributed by atoms with van der Waals surface area (Å²) in [5.74, 6) is -0.297. The molecule has 2 aromatic carbocycles. The lowest BCUT2D eigenvalue weighted by Crippen LogP contribution is -2.23. The highest BCUT2D eigenvalue weighted by molar-refractivity contribution is 6.31. The van der Waals surface area contributed by atoms with E-state index in [1.165, 1.54) is 0 Å². The predicted octanol–water partition coefficient (Wildman–Crippen LogP) is 4.00. The van der Waals surface area contributed by atoms with E-state index in [4.69, 9.17) is 16.4 Å². The maximum atomic E-state index is 12.1. The molecule has 0 aliphatic heterocycles. The molecule has 0 saturated carbocycles. The number of benzene rings is 2. The maximum absolute atomic E-state index is 12.1. The molecule has 25 heavy (non-hydrogen) atoms. The molecule has 0 aliphatic carbocycles. The number of aryl methyl sites for hydroxylation is 1. The van der Waals surface area contributed by atoms with Gasteiger partial charge in [0.05, 0.1) is 28.7 Å². The topological polar surface area (TPSA) is 56.2 Å². The zero-order valence-corrected chi connectivity index (χ0v) is 14.7. The lowest BCUT2D eigenvalue weighted by Gasteiger charge is -2.08. The van der Waals surface area contributed by atoms with Gasteiger partial charge in [-0.2, -0.15) is 5.10 Å². The van der Waals surface area contributed by atoms with Crippen molar-refractivity contribution in [1.29, 1.82) is 0 Å². The lowest BCUT2D eigenvalue weighted by atomic mass is 10.2. The highest BCUT2D eigenvalue weighted by Gasteiger charge is 2.11. The summed E-state index contributed by atoms with van der Waals surface area (Å²) in [5, 5.41) is 5.05. The van der Waals surface area contributed by atoms with Crippen LogP contribution in [0.5, 0.6) is 0 Å². The van der Waals surface area contributed by atoms with Gasteiger partial charge in [0.1, 0.15) is 0 Å². The number of amides is 1. The normalized spacial score (nSPS) is 10.7. The van der Waals surface area contributed by atoms with Crippen LogP contribution < -0.4 is 5.48 Å². The van der Waals surface area contributed by atoms with Gasteiger partial charge in [-0.05, 0) is 43.7 Å². The van der Waals surface area contributed by atoms with Crippen molar-refractivity contribution >= 4 is 17.5 Å². The van der Waals surface area contributed by atoms with E-state index in [9.17, 15) is 4.79 Å². The third kappa shape index (κ3) is 3.90. The monoisotopic (exact) mass is 355 g/mol. The third-order valence-electron chi connectivity index (χ3n) is 3.82. The van der Waals surface area contributed by atoms with Crippen molar-refractivity contribution in [1.82, 2.24) is 15.3 Å².